The average molecular weight is 407 g/mol. The Morgan fingerprint density at radius 1 is 1.07 bits per heavy atom. The zero-order valence-electron chi connectivity index (χ0n) is 16.2. The summed E-state index contributed by atoms with van der Waals surface area (Å²) in [7, 11) is 1.56. The lowest BCUT2D eigenvalue weighted by molar-refractivity contribution is -0.147. The fraction of sp³-hybridized carbons (Fsp3) is 0.333. The van der Waals surface area contributed by atoms with E-state index in [0.29, 0.717) is 18.7 Å². The van der Waals surface area contributed by atoms with Crippen molar-refractivity contribution in [2.24, 2.45) is 0 Å². The number of methoxy groups -OCH3 is 1. The highest BCUT2D eigenvalue weighted by atomic mass is 19.3. The molecule has 0 aliphatic carbocycles. The van der Waals surface area contributed by atoms with Gasteiger partial charge in [0.05, 0.1) is 13.5 Å². The molecule has 29 heavy (non-hydrogen) atoms. The second-order valence-electron chi connectivity index (χ2n) is 6.26. The van der Waals surface area contributed by atoms with Crippen molar-refractivity contribution in [1.82, 2.24) is 5.32 Å². The van der Waals surface area contributed by atoms with Crippen LogP contribution in [-0.2, 0) is 27.2 Å². The number of benzene rings is 2. The maximum atomic E-state index is 12.1. The van der Waals surface area contributed by atoms with Crippen LogP contribution in [-0.4, -0.2) is 38.7 Å². The summed E-state index contributed by atoms with van der Waals surface area (Å²) < 4.78 is 38.7. The summed E-state index contributed by atoms with van der Waals surface area (Å²) in [6.45, 7) is -1.02. The van der Waals surface area contributed by atoms with Crippen LogP contribution in [0.5, 0.6) is 11.5 Å². The summed E-state index contributed by atoms with van der Waals surface area (Å²) in [5.41, 5.74) is 2.54. The number of hydrogen-bond donors (Lipinski definition) is 1. The van der Waals surface area contributed by atoms with Crippen LogP contribution in [0.1, 0.15) is 16.7 Å². The highest BCUT2D eigenvalue weighted by molar-refractivity contribution is 5.81. The molecule has 0 spiro atoms. The fourth-order valence-corrected chi connectivity index (χ4v) is 2.57. The Hall–Kier alpha value is -3.16. The van der Waals surface area contributed by atoms with Crippen LogP contribution < -0.4 is 14.8 Å². The maximum absolute atomic E-state index is 12.1. The maximum Gasteiger partial charge on any atom is 0.387 e. The van der Waals surface area contributed by atoms with E-state index in [-0.39, 0.29) is 18.8 Å². The van der Waals surface area contributed by atoms with Gasteiger partial charge < -0.3 is 19.5 Å². The summed E-state index contributed by atoms with van der Waals surface area (Å²) in [5.74, 6) is -0.175. The van der Waals surface area contributed by atoms with Gasteiger partial charge in [0.1, 0.15) is 11.5 Å². The molecule has 0 unspecified atom stereocenters. The Balaban J connectivity index is 1.68. The van der Waals surface area contributed by atoms with Crippen molar-refractivity contribution in [2.75, 3.05) is 20.3 Å². The summed E-state index contributed by atoms with van der Waals surface area (Å²) in [6.07, 6.45) is 0.536. The lowest BCUT2D eigenvalue weighted by Crippen LogP contribution is -2.30. The summed E-state index contributed by atoms with van der Waals surface area (Å²) in [4.78, 5) is 23.7. The van der Waals surface area contributed by atoms with Crippen LogP contribution >= 0.6 is 0 Å². The summed E-state index contributed by atoms with van der Waals surface area (Å²) >= 11 is 0. The number of carbonyl (C=O) groups is 2. The number of carbonyl (C=O) groups excluding carboxylic acids is 2. The molecule has 2 aromatic rings. The average Bonchev–Trinajstić information content (AvgIpc) is 2.69. The number of rotatable bonds is 10. The molecule has 156 valence electrons. The molecule has 0 aliphatic rings. The third-order valence-electron chi connectivity index (χ3n) is 4.07. The molecule has 0 fully saturated rings. The third kappa shape index (κ3) is 7.77. The minimum absolute atomic E-state index is 0.0386. The Kier molecular flexibility index (Phi) is 8.39. The standard InChI is InChI=1S/C21H23F2NO5/c1-14-3-4-16(11-18(14)27-2)12-20(26)28-13-19(25)24-10-9-15-5-7-17(8-6-15)29-21(22)23/h3-8,11,21H,9-10,12-13H2,1-2H3,(H,24,25). The Morgan fingerprint density at radius 3 is 2.41 bits per heavy atom. The zero-order valence-corrected chi connectivity index (χ0v) is 16.2. The highest BCUT2D eigenvalue weighted by Gasteiger charge is 2.10. The van der Waals surface area contributed by atoms with Crippen molar-refractivity contribution in [3.8, 4) is 11.5 Å². The SMILES string of the molecule is COc1cc(CC(=O)OCC(=O)NCCc2ccc(OC(F)F)cc2)ccc1C. The predicted octanol–water partition coefficient (Wildman–Crippen LogP) is 3.05. The molecule has 1 N–H and O–H groups in total. The van der Waals surface area contributed by atoms with Gasteiger partial charge in [0.15, 0.2) is 6.61 Å². The van der Waals surface area contributed by atoms with E-state index in [1.54, 1.807) is 31.4 Å². The molecule has 0 aromatic heterocycles. The van der Waals surface area contributed by atoms with E-state index in [2.05, 4.69) is 10.1 Å². The van der Waals surface area contributed by atoms with E-state index < -0.39 is 18.5 Å². The largest absolute Gasteiger partial charge is 0.496 e. The number of halogens is 2. The van der Waals surface area contributed by atoms with E-state index in [1.807, 2.05) is 13.0 Å². The topological polar surface area (TPSA) is 73.9 Å². The second kappa shape index (κ2) is 11.0. The normalized spacial score (nSPS) is 10.5. The number of amides is 1. The molecule has 6 nitrogen and oxygen atoms in total. The number of aryl methyl sites for hydroxylation is 1. The van der Waals surface area contributed by atoms with E-state index in [1.165, 1.54) is 12.1 Å². The fourth-order valence-electron chi connectivity index (χ4n) is 2.57. The van der Waals surface area contributed by atoms with Gasteiger partial charge in [-0.1, -0.05) is 24.3 Å². The first kappa shape index (κ1) is 22.1. The lowest BCUT2D eigenvalue weighted by atomic mass is 10.1. The minimum atomic E-state index is -2.86. The van der Waals surface area contributed by atoms with Gasteiger partial charge in [0.25, 0.3) is 5.91 Å². The Labute approximate surface area is 167 Å². The van der Waals surface area contributed by atoms with E-state index in [9.17, 15) is 18.4 Å². The second-order valence-corrected chi connectivity index (χ2v) is 6.26. The van der Waals surface area contributed by atoms with Gasteiger partial charge in [0, 0.05) is 6.54 Å². The predicted molar refractivity (Wildman–Crippen MR) is 102 cm³/mol. The van der Waals surface area contributed by atoms with Crippen molar-refractivity contribution >= 4 is 11.9 Å². The lowest BCUT2D eigenvalue weighted by Gasteiger charge is -2.09. The van der Waals surface area contributed by atoms with Crippen molar-refractivity contribution in [2.45, 2.75) is 26.4 Å². The van der Waals surface area contributed by atoms with Gasteiger partial charge in [-0.3, -0.25) is 9.59 Å². The van der Waals surface area contributed by atoms with Gasteiger partial charge in [-0.15, -0.1) is 0 Å². The third-order valence-corrected chi connectivity index (χ3v) is 4.07. The Bertz CT molecular complexity index is 824. The van der Waals surface area contributed by atoms with Crippen molar-refractivity contribution in [3.63, 3.8) is 0 Å². The molecular formula is C21H23F2NO5. The molecule has 1 amide bonds. The molecule has 0 aliphatic heterocycles. The first-order valence-electron chi connectivity index (χ1n) is 8.97. The van der Waals surface area contributed by atoms with Crippen molar-refractivity contribution in [3.05, 3.63) is 59.2 Å². The number of nitrogens with one attached hydrogen (secondary N) is 1. The quantitative estimate of drug-likeness (QED) is 0.613. The molecular weight excluding hydrogens is 384 g/mol. The highest BCUT2D eigenvalue weighted by Crippen LogP contribution is 2.19. The van der Waals surface area contributed by atoms with Crippen LogP contribution in [0, 0.1) is 6.92 Å². The summed E-state index contributed by atoms with van der Waals surface area (Å²) in [6, 6.07) is 11.6. The van der Waals surface area contributed by atoms with Crippen LogP contribution in [0.3, 0.4) is 0 Å². The molecule has 8 heteroatoms. The minimum Gasteiger partial charge on any atom is -0.496 e. The van der Waals surface area contributed by atoms with E-state index in [0.717, 1.165) is 16.7 Å². The zero-order chi connectivity index (χ0) is 21.2. The summed E-state index contributed by atoms with van der Waals surface area (Å²) in [5, 5.41) is 2.64. The molecule has 2 rings (SSSR count). The van der Waals surface area contributed by atoms with Crippen molar-refractivity contribution in [1.29, 1.82) is 0 Å². The van der Waals surface area contributed by atoms with Gasteiger partial charge in [-0.25, -0.2) is 0 Å². The molecule has 0 heterocycles. The molecule has 0 atom stereocenters. The monoisotopic (exact) mass is 407 g/mol. The van der Waals surface area contributed by atoms with Gasteiger partial charge in [0.2, 0.25) is 0 Å². The first-order valence-corrected chi connectivity index (χ1v) is 8.97. The van der Waals surface area contributed by atoms with Gasteiger partial charge in [-0.05, 0) is 48.2 Å². The smallest absolute Gasteiger partial charge is 0.387 e. The number of ether oxygens (including phenoxy) is 3. The number of esters is 1. The number of hydrogen-bond acceptors (Lipinski definition) is 5. The number of alkyl halides is 2. The van der Waals surface area contributed by atoms with Crippen LogP contribution in [0.4, 0.5) is 8.78 Å². The van der Waals surface area contributed by atoms with Gasteiger partial charge in [-0.2, -0.15) is 8.78 Å². The molecule has 0 bridgehead atoms. The molecule has 0 radical (unpaired) electrons. The van der Waals surface area contributed by atoms with E-state index >= 15 is 0 Å². The van der Waals surface area contributed by atoms with Crippen LogP contribution in [0.2, 0.25) is 0 Å². The van der Waals surface area contributed by atoms with E-state index in [4.69, 9.17) is 9.47 Å². The molecule has 0 saturated carbocycles. The van der Waals surface area contributed by atoms with Crippen LogP contribution in [0.15, 0.2) is 42.5 Å². The molecule has 0 saturated heterocycles. The first-order chi connectivity index (χ1) is 13.9. The van der Waals surface area contributed by atoms with Crippen LogP contribution in [0.25, 0.3) is 0 Å². The Morgan fingerprint density at radius 2 is 1.76 bits per heavy atom. The van der Waals surface area contributed by atoms with Gasteiger partial charge >= 0.3 is 12.6 Å². The van der Waals surface area contributed by atoms with Crippen molar-refractivity contribution < 1.29 is 32.6 Å². The molecule has 2 aromatic carbocycles.